The van der Waals surface area contributed by atoms with E-state index < -0.39 is 5.97 Å². The second kappa shape index (κ2) is 6.70. The zero-order valence-corrected chi connectivity index (χ0v) is 13.7. The van der Waals surface area contributed by atoms with Gasteiger partial charge in [0.1, 0.15) is 10.7 Å². The highest BCUT2D eigenvalue weighted by Crippen LogP contribution is 2.27. The van der Waals surface area contributed by atoms with Gasteiger partial charge in [0, 0.05) is 29.2 Å². The van der Waals surface area contributed by atoms with Gasteiger partial charge in [-0.25, -0.2) is 0 Å². The van der Waals surface area contributed by atoms with E-state index in [0.29, 0.717) is 35.3 Å². The molecule has 1 aromatic carbocycles. The highest BCUT2D eigenvalue weighted by Gasteiger charge is 2.18. The number of morpholine rings is 1. The summed E-state index contributed by atoms with van der Waals surface area (Å²) in [4.78, 5) is 13.7. The maximum atomic E-state index is 11.1. The van der Waals surface area contributed by atoms with Crippen molar-refractivity contribution >= 4 is 34.8 Å². The van der Waals surface area contributed by atoms with E-state index in [1.54, 1.807) is 18.2 Å². The van der Waals surface area contributed by atoms with Gasteiger partial charge in [-0.2, -0.15) is 0 Å². The SMILES string of the molecule is O=C([O-])c1cc(-c2ccc(C(=S)N3CCOCC3)o2)ccc1Cl. The second-order valence-electron chi connectivity index (χ2n) is 5.05. The number of carboxylic acid groups (broad SMARTS) is 1. The van der Waals surface area contributed by atoms with Crippen molar-refractivity contribution in [3.05, 3.63) is 46.7 Å². The number of hydrogen-bond donors (Lipinski definition) is 0. The molecule has 1 fully saturated rings. The second-order valence-corrected chi connectivity index (χ2v) is 5.84. The minimum atomic E-state index is -1.33. The summed E-state index contributed by atoms with van der Waals surface area (Å²) in [6, 6.07) is 8.16. The normalized spacial score (nSPS) is 14.7. The Morgan fingerprint density at radius 3 is 2.65 bits per heavy atom. The standard InChI is InChI=1S/C16H14ClNO4S/c17-12-2-1-10(9-11(12)16(19)20)13-3-4-14(22-13)15(23)18-5-7-21-8-6-18/h1-4,9H,5-8H2,(H,19,20)/p-1. The van der Waals surface area contributed by atoms with Gasteiger partial charge in [0.25, 0.3) is 0 Å². The van der Waals surface area contributed by atoms with Crippen LogP contribution in [0.3, 0.4) is 0 Å². The fourth-order valence-corrected chi connectivity index (χ4v) is 2.85. The van der Waals surface area contributed by atoms with Gasteiger partial charge in [0.15, 0.2) is 5.76 Å². The Morgan fingerprint density at radius 1 is 1.22 bits per heavy atom. The summed E-state index contributed by atoms with van der Waals surface area (Å²) in [5, 5.41) is 11.2. The van der Waals surface area contributed by atoms with Crippen LogP contribution in [0, 0.1) is 0 Å². The number of rotatable bonds is 3. The van der Waals surface area contributed by atoms with E-state index in [1.165, 1.54) is 12.1 Å². The van der Waals surface area contributed by atoms with Gasteiger partial charge in [-0.3, -0.25) is 0 Å². The third-order valence-electron chi connectivity index (χ3n) is 3.59. The zero-order valence-electron chi connectivity index (χ0n) is 12.1. The fraction of sp³-hybridized carbons (Fsp3) is 0.250. The first-order valence-electron chi connectivity index (χ1n) is 7.04. The summed E-state index contributed by atoms with van der Waals surface area (Å²) in [7, 11) is 0. The Kier molecular flexibility index (Phi) is 4.66. The number of carbonyl (C=O) groups excluding carboxylic acids is 1. The van der Waals surface area contributed by atoms with E-state index in [4.69, 9.17) is 33.0 Å². The number of thiocarbonyl (C=S) groups is 1. The summed E-state index contributed by atoms with van der Waals surface area (Å²) < 4.78 is 11.1. The van der Waals surface area contributed by atoms with E-state index in [0.717, 1.165) is 13.1 Å². The molecule has 0 atom stereocenters. The molecule has 1 aliphatic heterocycles. The van der Waals surface area contributed by atoms with Crippen LogP contribution in [0.25, 0.3) is 11.3 Å². The molecule has 0 spiro atoms. The number of carboxylic acids is 1. The first-order chi connectivity index (χ1) is 11.1. The lowest BCUT2D eigenvalue weighted by atomic mass is 10.1. The maximum Gasteiger partial charge on any atom is 0.162 e. The Labute approximate surface area is 143 Å². The molecule has 0 unspecified atom stereocenters. The van der Waals surface area contributed by atoms with Gasteiger partial charge >= 0.3 is 0 Å². The van der Waals surface area contributed by atoms with Crippen LogP contribution in [-0.2, 0) is 4.74 Å². The van der Waals surface area contributed by atoms with E-state index in [9.17, 15) is 9.90 Å². The summed E-state index contributed by atoms with van der Waals surface area (Å²) in [6.07, 6.45) is 0. The third-order valence-corrected chi connectivity index (χ3v) is 4.37. The molecule has 0 amide bonds. The lowest BCUT2D eigenvalue weighted by Crippen LogP contribution is -2.40. The van der Waals surface area contributed by atoms with Crippen LogP contribution in [0.15, 0.2) is 34.7 Å². The number of hydrogen-bond acceptors (Lipinski definition) is 5. The van der Waals surface area contributed by atoms with Gasteiger partial charge in [-0.05, 0) is 30.3 Å². The average Bonchev–Trinajstić information content (AvgIpc) is 3.05. The van der Waals surface area contributed by atoms with E-state index >= 15 is 0 Å². The smallest absolute Gasteiger partial charge is 0.162 e. The molecule has 0 aliphatic carbocycles. The highest BCUT2D eigenvalue weighted by molar-refractivity contribution is 7.80. The van der Waals surface area contributed by atoms with Crippen LogP contribution in [-0.4, -0.2) is 42.2 Å². The first kappa shape index (κ1) is 16.0. The Balaban J connectivity index is 1.85. The zero-order chi connectivity index (χ0) is 16.4. The molecule has 3 rings (SSSR count). The van der Waals surface area contributed by atoms with E-state index in [-0.39, 0.29) is 10.6 Å². The summed E-state index contributed by atoms with van der Waals surface area (Å²) >= 11 is 11.3. The number of carbonyl (C=O) groups is 1. The topological polar surface area (TPSA) is 65.7 Å². The number of ether oxygens (including phenoxy) is 1. The summed E-state index contributed by atoms with van der Waals surface area (Å²) in [5.41, 5.74) is 0.530. The molecule has 1 saturated heterocycles. The molecular formula is C16H13ClNO4S-. The third kappa shape index (κ3) is 3.39. The number of nitrogens with zero attached hydrogens (tertiary/aromatic N) is 1. The number of furan rings is 1. The molecule has 1 aliphatic rings. The predicted octanol–water partition coefficient (Wildman–Crippen LogP) is 1.97. The molecule has 1 aromatic heterocycles. The number of aromatic carboxylic acids is 1. The van der Waals surface area contributed by atoms with Crippen LogP contribution in [0.1, 0.15) is 16.1 Å². The van der Waals surface area contributed by atoms with Crippen LogP contribution in [0.2, 0.25) is 5.02 Å². The van der Waals surface area contributed by atoms with E-state index in [1.807, 2.05) is 4.90 Å². The Bertz CT molecular complexity index is 752. The van der Waals surface area contributed by atoms with Crippen LogP contribution < -0.4 is 5.11 Å². The molecule has 23 heavy (non-hydrogen) atoms. The molecule has 2 heterocycles. The van der Waals surface area contributed by atoms with Crippen molar-refractivity contribution < 1.29 is 19.1 Å². The monoisotopic (exact) mass is 350 g/mol. The minimum Gasteiger partial charge on any atom is -0.545 e. The predicted molar refractivity (Wildman–Crippen MR) is 87.6 cm³/mol. The first-order valence-corrected chi connectivity index (χ1v) is 7.83. The lowest BCUT2D eigenvalue weighted by molar-refractivity contribution is -0.255. The van der Waals surface area contributed by atoms with Crippen molar-refractivity contribution in [1.82, 2.24) is 4.90 Å². The van der Waals surface area contributed by atoms with E-state index in [2.05, 4.69) is 0 Å². The maximum absolute atomic E-state index is 11.1. The molecule has 0 saturated carbocycles. The lowest BCUT2D eigenvalue weighted by Gasteiger charge is -2.28. The molecule has 0 bridgehead atoms. The summed E-state index contributed by atoms with van der Waals surface area (Å²) in [6.45, 7) is 2.73. The minimum absolute atomic E-state index is 0.0714. The van der Waals surface area contributed by atoms with Gasteiger partial charge < -0.3 is 24.0 Å². The van der Waals surface area contributed by atoms with Crippen molar-refractivity contribution in [2.45, 2.75) is 0 Å². The highest BCUT2D eigenvalue weighted by atomic mass is 35.5. The van der Waals surface area contributed by atoms with Crippen molar-refractivity contribution in [2.24, 2.45) is 0 Å². The van der Waals surface area contributed by atoms with Gasteiger partial charge in [0.05, 0.1) is 19.2 Å². The number of benzene rings is 1. The van der Waals surface area contributed by atoms with Crippen molar-refractivity contribution in [3.63, 3.8) is 0 Å². The summed E-state index contributed by atoms with van der Waals surface area (Å²) in [5.74, 6) is -0.232. The molecule has 0 N–H and O–H groups in total. The Morgan fingerprint density at radius 2 is 1.96 bits per heavy atom. The largest absolute Gasteiger partial charge is 0.545 e. The van der Waals surface area contributed by atoms with Gasteiger partial charge in [-0.1, -0.05) is 23.8 Å². The molecule has 7 heteroatoms. The number of halogens is 1. The molecule has 120 valence electrons. The average molecular weight is 351 g/mol. The van der Waals surface area contributed by atoms with Crippen molar-refractivity contribution in [1.29, 1.82) is 0 Å². The van der Waals surface area contributed by atoms with Gasteiger partial charge in [-0.15, -0.1) is 0 Å². The molecular weight excluding hydrogens is 338 g/mol. The molecule has 2 aromatic rings. The van der Waals surface area contributed by atoms with Crippen LogP contribution >= 0.6 is 23.8 Å². The molecule has 5 nitrogen and oxygen atoms in total. The van der Waals surface area contributed by atoms with Gasteiger partial charge in [0.2, 0.25) is 0 Å². The van der Waals surface area contributed by atoms with Crippen LogP contribution in [0.4, 0.5) is 0 Å². The van der Waals surface area contributed by atoms with Crippen molar-refractivity contribution in [3.8, 4) is 11.3 Å². The fourth-order valence-electron chi connectivity index (χ4n) is 2.37. The van der Waals surface area contributed by atoms with Crippen molar-refractivity contribution in [2.75, 3.05) is 26.3 Å². The quantitative estimate of drug-likeness (QED) is 0.788. The van der Waals surface area contributed by atoms with Crippen LogP contribution in [0.5, 0.6) is 0 Å². The molecule has 0 radical (unpaired) electrons. The Hall–Kier alpha value is -1.89.